The van der Waals surface area contributed by atoms with E-state index in [1.165, 1.54) is 5.56 Å². The van der Waals surface area contributed by atoms with E-state index in [1.54, 1.807) is 18.1 Å². The number of aryl methyl sites for hydroxylation is 1. The average Bonchev–Trinajstić information content (AvgIpc) is 3.61. The summed E-state index contributed by atoms with van der Waals surface area (Å²) in [6.45, 7) is 3.89. The molecule has 3 aromatic heterocycles. The molecule has 38 heavy (non-hydrogen) atoms. The van der Waals surface area contributed by atoms with Crippen LogP contribution in [0.25, 0.3) is 10.9 Å². The van der Waals surface area contributed by atoms with Crippen LogP contribution in [0.15, 0.2) is 76.1 Å². The van der Waals surface area contributed by atoms with Crippen LogP contribution in [-0.2, 0) is 30.8 Å². The third-order valence-electron chi connectivity index (χ3n) is 6.55. The second-order valence-electron chi connectivity index (χ2n) is 9.10. The van der Waals surface area contributed by atoms with E-state index in [0.29, 0.717) is 42.7 Å². The van der Waals surface area contributed by atoms with Crippen molar-refractivity contribution in [1.82, 2.24) is 30.1 Å². The number of methoxy groups -OCH3 is 1. The molecule has 9 nitrogen and oxygen atoms in total. The molecule has 10 heteroatoms. The van der Waals surface area contributed by atoms with E-state index in [1.807, 2.05) is 54.6 Å². The first-order chi connectivity index (χ1) is 18.6. The smallest absolute Gasteiger partial charge is 0.253 e. The Morgan fingerprint density at radius 2 is 1.92 bits per heavy atom. The molecule has 0 aliphatic heterocycles. The number of H-pyrrole nitrogens is 1. The van der Waals surface area contributed by atoms with E-state index >= 15 is 0 Å². The topological polar surface area (TPSA) is 102 Å². The van der Waals surface area contributed by atoms with Crippen molar-refractivity contribution in [2.75, 3.05) is 13.7 Å². The number of hydrogen-bond acceptors (Lipinski definition) is 7. The van der Waals surface area contributed by atoms with Crippen molar-refractivity contribution in [3.8, 4) is 0 Å². The first-order valence-corrected chi connectivity index (χ1v) is 12.8. The monoisotopic (exact) mass is 532 g/mol. The number of hydrogen-bond donors (Lipinski definition) is 1. The lowest BCUT2D eigenvalue weighted by atomic mass is 10.0. The molecule has 5 aromatic rings. The fraction of sp³-hybridized carbons (Fsp3) is 0.286. The SMILES string of the molecule is CCc1ccc2[nH]c(=O)c([C@@H](c3nnnn3CCOC)N(Cc3ccc(Cl)cc3)Cc3ccco3)cc2c1. The zero-order valence-electron chi connectivity index (χ0n) is 21.3. The van der Waals surface area contributed by atoms with Crippen molar-refractivity contribution in [2.24, 2.45) is 0 Å². The Kier molecular flexibility index (Phi) is 7.97. The van der Waals surface area contributed by atoms with E-state index in [9.17, 15) is 4.79 Å². The van der Waals surface area contributed by atoms with Crippen molar-refractivity contribution in [3.63, 3.8) is 0 Å². The molecule has 5 rings (SSSR count). The van der Waals surface area contributed by atoms with Crippen molar-refractivity contribution in [2.45, 2.75) is 39.0 Å². The Bertz CT molecular complexity index is 1550. The fourth-order valence-corrected chi connectivity index (χ4v) is 4.73. The zero-order valence-corrected chi connectivity index (χ0v) is 22.1. The molecule has 0 unspecified atom stereocenters. The van der Waals surface area contributed by atoms with E-state index in [0.717, 1.165) is 28.6 Å². The summed E-state index contributed by atoms with van der Waals surface area (Å²) in [6, 6.07) is 18.9. The minimum Gasteiger partial charge on any atom is -0.468 e. The molecule has 3 heterocycles. The van der Waals surface area contributed by atoms with Crippen LogP contribution in [0.4, 0.5) is 0 Å². The standard InChI is InChI=1S/C28H29ClN6O3/c1-3-19-8-11-25-21(15-19)16-24(28(36)30-25)26(27-31-32-33-35(27)12-14-37-2)34(18-23-5-4-13-38-23)17-20-6-9-22(29)10-7-20/h4-11,13,15-16,26H,3,12,14,17-18H2,1-2H3,(H,30,36)/t26-/m0/s1. The molecular formula is C28H29ClN6O3. The predicted molar refractivity (Wildman–Crippen MR) is 145 cm³/mol. The maximum atomic E-state index is 13.6. The molecule has 0 bridgehead atoms. The largest absolute Gasteiger partial charge is 0.468 e. The van der Waals surface area contributed by atoms with Gasteiger partial charge >= 0.3 is 0 Å². The molecule has 1 atom stereocenters. The predicted octanol–water partition coefficient (Wildman–Crippen LogP) is 4.76. The number of rotatable bonds is 11. The Labute approximate surface area is 225 Å². The van der Waals surface area contributed by atoms with Crippen molar-refractivity contribution in [1.29, 1.82) is 0 Å². The summed E-state index contributed by atoms with van der Waals surface area (Å²) in [5, 5.41) is 14.2. The number of benzene rings is 2. The highest BCUT2D eigenvalue weighted by atomic mass is 35.5. The molecule has 0 aliphatic carbocycles. The summed E-state index contributed by atoms with van der Waals surface area (Å²) < 4.78 is 12.7. The average molecular weight is 533 g/mol. The number of halogens is 1. The second kappa shape index (κ2) is 11.7. The van der Waals surface area contributed by atoms with E-state index in [4.69, 9.17) is 20.8 Å². The van der Waals surface area contributed by atoms with Gasteiger partial charge in [0, 0.05) is 29.8 Å². The van der Waals surface area contributed by atoms with Gasteiger partial charge in [-0.1, -0.05) is 36.7 Å². The normalized spacial score (nSPS) is 12.4. The van der Waals surface area contributed by atoms with Gasteiger partial charge in [-0.3, -0.25) is 9.69 Å². The summed E-state index contributed by atoms with van der Waals surface area (Å²) in [4.78, 5) is 18.8. The summed E-state index contributed by atoms with van der Waals surface area (Å²) in [7, 11) is 1.63. The van der Waals surface area contributed by atoms with Crippen LogP contribution in [0, 0.1) is 0 Å². The quantitative estimate of drug-likeness (QED) is 0.261. The number of ether oxygens (including phenoxy) is 1. The second-order valence-corrected chi connectivity index (χ2v) is 9.53. The van der Waals surface area contributed by atoms with Gasteiger partial charge in [0.25, 0.3) is 5.56 Å². The van der Waals surface area contributed by atoms with Gasteiger partial charge in [-0.15, -0.1) is 5.10 Å². The number of pyridine rings is 1. The number of tetrazole rings is 1. The third-order valence-corrected chi connectivity index (χ3v) is 6.81. The van der Waals surface area contributed by atoms with Gasteiger partial charge in [-0.2, -0.15) is 0 Å². The molecular weight excluding hydrogens is 504 g/mol. The minimum absolute atomic E-state index is 0.200. The van der Waals surface area contributed by atoms with Crippen LogP contribution in [0.3, 0.4) is 0 Å². The highest BCUT2D eigenvalue weighted by molar-refractivity contribution is 6.30. The number of aromatic amines is 1. The minimum atomic E-state index is -0.582. The Morgan fingerprint density at radius 3 is 2.66 bits per heavy atom. The van der Waals surface area contributed by atoms with Crippen LogP contribution < -0.4 is 5.56 Å². The van der Waals surface area contributed by atoms with Crippen molar-refractivity contribution in [3.05, 3.63) is 111 Å². The summed E-state index contributed by atoms with van der Waals surface area (Å²) in [5.41, 5.74) is 3.33. The lowest BCUT2D eigenvalue weighted by molar-refractivity contribution is 0.163. The summed E-state index contributed by atoms with van der Waals surface area (Å²) in [5.74, 6) is 1.30. The Morgan fingerprint density at radius 1 is 1.11 bits per heavy atom. The lowest BCUT2D eigenvalue weighted by Crippen LogP contribution is -2.35. The molecule has 0 saturated carbocycles. The van der Waals surface area contributed by atoms with Crippen LogP contribution in [0.2, 0.25) is 5.02 Å². The number of nitrogens with zero attached hydrogens (tertiary/aromatic N) is 5. The van der Waals surface area contributed by atoms with Crippen molar-refractivity contribution >= 4 is 22.5 Å². The van der Waals surface area contributed by atoms with Crippen LogP contribution >= 0.6 is 11.6 Å². The molecule has 1 N–H and O–H groups in total. The highest BCUT2D eigenvalue weighted by Crippen LogP contribution is 2.30. The third kappa shape index (κ3) is 5.70. The van der Waals surface area contributed by atoms with E-state index in [-0.39, 0.29) is 5.56 Å². The summed E-state index contributed by atoms with van der Waals surface area (Å²) >= 11 is 6.16. The molecule has 2 aromatic carbocycles. The number of fused-ring (bicyclic) bond motifs is 1. The maximum absolute atomic E-state index is 13.6. The Balaban J connectivity index is 1.68. The number of aromatic nitrogens is 5. The van der Waals surface area contributed by atoms with Gasteiger partial charge < -0.3 is 14.1 Å². The van der Waals surface area contributed by atoms with E-state index in [2.05, 4.69) is 38.4 Å². The van der Waals surface area contributed by atoms with Gasteiger partial charge in [0.15, 0.2) is 5.82 Å². The van der Waals surface area contributed by atoms with Gasteiger partial charge in [-0.25, -0.2) is 4.68 Å². The molecule has 0 saturated heterocycles. The van der Waals surface area contributed by atoms with Crippen molar-refractivity contribution < 1.29 is 9.15 Å². The number of furan rings is 1. The van der Waals surface area contributed by atoms with Crippen LogP contribution in [-0.4, -0.2) is 43.8 Å². The fourth-order valence-electron chi connectivity index (χ4n) is 4.61. The molecule has 0 radical (unpaired) electrons. The Hall–Kier alpha value is -3.79. The summed E-state index contributed by atoms with van der Waals surface area (Å²) in [6.07, 6.45) is 2.53. The maximum Gasteiger partial charge on any atom is 0.253 e. The molecule has 0 amide bonds. The highest BCUT2D eigenvalue weighted by Gasteiger charge is 2.31. The van der Waals surface area contributed by atoms with Crippen LogP contribution in [0.5, 0.6) is 0 Å². The molecule has 0 spiro atoms. The van der Waals surface area contributed by atoms with Gasteiger partial charge in [0.2, 0.25) is 0 Å². The van der Waals surface area contributed by atoms with Gasteiger partial charge in [-0.05, 0) is 75.8 Å². The zero-order chi connectivity index (χ0) is 26.5. The first-order valence-electron chi connectivity index (χ1n) is 12.5. The van der Waals surface area contributed by atoms with Crippen LogP contribution in [0.1, 0.15) is 41.2 Å². The van der Waals surface area contributed by atoms with Gasteiger partial charge in [0.05, 0.1) is 26.0 Å². The molecule has 0 fully saturated rings. The van der Waals surface area contributed by atoms with Gasteiger partial charge in [0.1, 0.15) is 11.8 Å². The molecule has 196 valence electrons. The lowest BCUT2D eigenvalue weighted by Gasteiger charge is -2.30. The molecule has 0 aliphatic rings. The number of nitrogens with one attached hydrogen (secondary N) is 1. The van der Waals surface area contributed by atoms with E-state index < -0.39 is 6.04 Å². The first kappa shape index (κ1) is 25.8.